The Hall–Kier alpha value is -1.87. The minimum atomic E-state index is -1.38. The molecule has 0 heterocycles. The maximum Gasteiger partial charge on any atom is 0.423 e. The summed E-state index contributed by atoms with van der Waals surface area (Å²) in [6.07, 6.45) is -1.47. The van der Waals surface area contributed by atoms with Gasteiger partial charge in [-0.05, 0) is 20.8 Å². The molecule has 0 aliphatic rings. The molecule has 0 aliphatic heterocycles. The zero-order chi connectivity index (χ0) is 14.3. The molecule has 0 bridgehead atoms. The summed E-state index contributed by atoms with van der Waals surface area (Å²) in [4.78, 5) is 32.1. The molecule has 5 N–H and O–H groups in total. The van der Waals surface area contributed by atoms with Crippen LogP contribution in [-0.4, -0.2) is 39.9 Å². The van der Waals surface area contributed by atoms with Crippen molar-refractivity contribution in [2.24, 2.45) is 0 Å². The Balaban J connectivity index is 4.03. The second-order valence-electron chi connectivity index (χ2n) is 4.38. The third-order valence-electron chi connectivity index (χ3n) is 1.49. The van der Waals surface area contributed by atoms with E-state index in [9.17, 15) is 14.4 Å². The van der Waals surface area contributed by atoms with Gasteiger partial charge in [0, 0.05) is 0 Å². The van der Waals surface area contributed by atoms with Crippen LogP contribution in [0.3, 0.4) is 0 Å². The standard InChI is InChI=1S/C9H17N3O6/c1-9(2,3)18-8(17)11-12-10-5(7(15)16)4-6(13)14/h5,10,12H,4H2,1-3H3,(H,11,17)(H,13,14)(H,15,16)/t5-/m0/s1. The van der Waals surface area contributed by atoms with Gasteiger partial charge in [-0.15, -0.1) is 0 Å². The molecule has 1 atom stereocenters. The van der Waals surface area contributed by atoms with Crippen LogP contribution in [0.4, 0.5) is 4.79 Å². The lowest BCUT2D eigenvalue weighted by Gasteiger charge is -2.20. The molecule has 0 unspecified atom stereocenters. The first kappa shape index (κ1) is 16.1. The minimum absolute atomic E-state index is 0.641. The number of carboxylic acid groups (broad SMARTS) is 2. The summed E-state index contributed by atoms with van der Waals surface area (Å²) in [7, 11) is 0. The Kier molecular flexibility index (Phi) is 6.06. The highest BCUT2D eigenvalue weighted by molar-refractivity contribution is 5.80. The van der Waals surface area contributed by atoms with Crippen molar-refractivity contribution >= 4 is 18.0 Å². The van der Waals surface area contributed by atoms with Crippen LogP contribution in [0.15, 0.2) is 0 Å². The van der Waals surface area contributed by atoms with Gasteiger partial charge in [-0.2, -0.15) is 5.53 Å². The van der Waals surface area contributed by atoms with Gasteiger partial charge in [-0.1, -0.05) is 0 Å². The molecule has 0 saturated heterocycles. The fourth-order valence-electron chi connectivity index (χ4n) is 0.853. The van der Waals surface area contributed by atoms with Gasteiger partial charge in [0.25, 0.3) is 0 Å². The average molecular weight is 263 g/mol. The molecular weight excluding hydrogens is 246 g/mol. The van der Waals surface area contributed by atoms with Crippen molar-refractivity contribution < 1.29 is 29.3 Å². The molecule has 0 spiro atoms. The number of carbonyl (C=O) groups is 3. The highest BCUT2D eigenvalue weighted by Crippen LogP contribution is 2.05. The summed E-state index contributed by atoms with van der Waals surface area (Å²) in [5, 5.41) is 17.1. The molecule has 0 radical (unpaired) electrons. The first-order valence-electron chi connectivity index (χ1n) is 5.06. The maximum absolute atomic E-state index is 11.1. The van der Waals surface area contributed by atoms with Gasteiger partial charge in [0.1, 0.15) is 11.6 Å². The van der Waals surface area contributed by atoms with Gasteiger partial charge in [-0.25, -0.2) is 15.6 Å². The lowest BCUT2D eigenvalue weighted by molar-refractivity contribution is -0.146. The summed E-state index contributed by atoms with van der Waals surface area (Å²) >= 11 is 0. The number of rotatable bonds is 6. The lowest BCUT2D eigenvalue weighted by atomic mass is 10.2. The van der Waals surface area contributed by atoms with Gasteiger partial charge in [-0.3, -0.25) is 9.59 Å². The highest BCUT2D eigenvalue weighted by atomic mass is 16.6. The number of carboxylic acids is 2. The molecule has 0 fully saturated rings. The first-order valence-corrected chi connectivity index (χ1v) is 5.06. The monoisotopic (exact) mass is 263 g/mol. The second kappa shape index (κ2) is 6.77. The number of hydrazine groups is 2. The summed E-state index contributed by atoms with van der Waals surface area (Å²) in [6.45, 7) is 4.97. The van der Waals surface area contributed by atoms with Crippen LogP contribution in [0, 0.1) is 0 Å². The van der Waals surface area contributed by atoms with E-state index >= 15 is 0 Å². The Morgan fingerprint density at radius 3 is 2.17 bits per heavy atom. The Morgan fingerprint density at radius 2 is 1.78 bits per heavy atom. The SMILES string of the molecule is CC(C)(C)OC(=O)NNN[C@@H](CC(=O)O)C(=O)O. The van der Waals surface area contributed by atoms with E-state index in [1.54, 1.807) is 20.8 Å². The van der Waals surface area contributed by atoms with E-state index in [0.717, 1.165) is 0 Å². The number of nitrogens with one attached hydrogen (secondary N) is 3. The molecule has 0 rings (SSSR count). The van der Waals surface area contributed by atoms with E-state index in [2.05, 4.69) is 11.0 Å². The van der Waals surface area contributed by atoms with Crippen LogP contribution in [0.25, 0.3) is 0 Å². The number of hydrogen-bond donors (Lipinski definition) is 5. The van der Waals surface area contributed by atoms with E-state index in [0.29, 0.717) is 0 Å². The summed E-state index contributed by atoms with van der Waals surface area (Å²) in [5.41, 5.74) is 5.52. The van der Waals surface area contributed by atoms with E-state index in [1.807, 2.05) is 5.43 Å². The smallest absolute Gasteiger partial charge is 0.423 e. The van der Waals surface area contributed by atoms with E-state index < -0.39 is 36.1 Å². The number of amides is 1. The van der Waals surface area contributed by atoms with Crippen LogP contribution in [0.5, 0.6) is 0 Å². The van der Waals surface area contributed by atoms with Gasteiger partial charge >= 0.3 is 18.0 Å². The maximum atomic E-state index is 11.1. The topological polar surface area (TPSA) is 137 Å². The molecule has 0 aromatic heterocycles. The number of aliphatic carboxylic acids is 2. The third-order valence-corrected chi connectivity index (χ3v) is 1.49. The zero-order valence-electron chi connectivity index (χ0n) is 10.3. The lowest BCUT2D eigenvalue weighted by Crippen LogP contribution is -2.54. The fourth-order valence-corrected chi connectivity index (χ4v) is 0.853. The van der Waals surface area contributed by atoms with Gasteiger partial charge in [0.2, 0.25) is 0 Å². The van der Waals surface area contributed by atoms with Crippen LogP contribution in [-0.2, 0) is 14.3 Å². The second-order valence-corrected chi connectivity index (χ2v) is 4.38. The van der Waals surface area contributed by atoms with Crippen molar-refractivity contribution in [3.05, 3.63) is 0 Å². The van der Waals surface area contributed by atoms with Crippen LogP contribution >= 0.6 is 0 Å². The molecule has 9 nitrogen and oxygen atoms in total. The van der Waals surface area contributed by atoms with Gasteiger partial charge in [0.15, 0.2) is 0 Å². The quantitative estimate of drug-likeness (QED) is 0.402. The Morgan fingerprint density at radius 1 is 1.22 bits per heavy atom. The van der Waals surface area contributed by atoms with Crippen molar-refractivity contribution in [3.8, 4) is 0 Å². The number of hydrogen-bond acceptors (Lipinski definition) is 6. The van der Waals surface area contributed by atoms with E-state index in [-0.39, 0.29) is 0 Å². The predicted octanol–water partition coefficient (Wildman–Crippen LogP) is -0.552. The summed E-state index contributed by atoms with van der Waals surface area (Å²) in [5.74, 6) is -2.65. The fraction of sp³-hybridized carbons (Fsp3) is 0.667. The van der Waals surface area contributed by atoms with E-state index in [4.69, 9.17) is 14.9 Å². The van der Waals surface area contributed by atoms with Crippen LogP contribution in [0.1, 0.15) is 27.2 Å². The van der Waals surface area contributed by atoms with E-state index in [1.165, 1.54) is 0 Å². The minimum Gasteiger partial charge on any atom is -0.481 e. The average Bonchev–Trinajstić information content (AvgIpc) is 2.12. The molecule has 1 amide bonds. The summed E-state index contributed by atoms with van der Waals surface area (Å²) in [6, 6.07) is -1.38. The molecule has 104 valence electrons. The van der Waals surface area contributed by atoms with Crippen molar-refractivity contribution in [2.45, 2.75) is 38.8 Å². The largest absolute Gasteiger partial charge is 0.481 e. The molecule has 0 saturated carbocycles. The normalized spacial score (nSPS) is 12.6. The van der Waals surface area contributed by atoms with Crippen molar-refractivity contribution in [1.82, 2.24) is 16.4 Å². The molecule has 0 aromatic rings. The van der Waals surface area contributed by atoms with Crippen molar-refractivity contribution in [2.75, 3.05) is 0 Å². The molecule has 18 heavy (non-hydrogen) atoms. The van der Waals surface area contributed by atoms with Gasteiger partial charge in [0.05, 0.1) is 6.42 Å². The third kappa shape index (κ3) is 8.30. The van der Waals surface area contributed by atoms with Gasteiger partial charge < -0.3 is 14.9 Å². The highest BCUT2D eigenvalue weighted by Gasteiger charge is 2.21. The van der Waals surface area contributed by atoms with Crippen molar-refractivity contribution in [3.63, 3.8) is 0 Å². The van der Waals surface area contributed by atoms with Crippen LogP contribution in [0.2, 0.25) is 0 Å². The first-order chi connectivity index (χ1) is 8.11. The molecule has 0 aliphatic carbocycles. The number of carbonyl (C=O) groups excluding carboxylic acids is 1. The Labute approximate surface area is 103 Å². The molecular formula is C9H17N3O6. The molecule has 0 aromatic carbocycles. The summed E-state index contributed by atoms with van der Waals surface area (Å²) < 4.78 is 4.84. The number of ether oxygens (including phenoxy) is 1. The molecule has 9 heteroatoms. The van der Waals surface area contributed by atoms with Crippen LogP contribution < -0.4 is 16.4 Å². The predicted molar refractivity (Wildman–Crippen MR) is 59.3 cm³/mol. The van der Waals surface area contributed by atoms with Crippen molar-refractivity contribution in [1.29, 1.82) is 0 Å². The Bertz CT molecular complexity index is 325. The zero-order valence-corrected chi connectivity index (χ0v) is 10.3.